The molecule has 20 heavy (non-hydrogen) atoms. The SMILES string of the molecule is Cc1cc(C(=O)N/N=C\c2ccc(F)c(Br)c2)c(C)o1. The molecule has 0 saturated heterocycles. The summed E-state index contributed by atoms with van der Waals surface area (Å²) >= 11 is 3.08. The molecule has 0 spiro atoms. The third-order valence-electron chi connectivity index (χ3n) is 2.61. The van der Waals surface area contributed by atoms with Crippen LogP contribution in [0.25, 0.3) is 0 Å². The van der Waals surface area contributed by atoms with E-state index in [0.29, 0.717) is 27.1 Å². The van der Waals surface area contributed by atoms with Gasteiger partial charge in [0.25, 0.3) is 5.91 Å². The van der Waals surface area contributed by atoms with E-state index in [0.717, 1.165) is 0 Å². The molecule has 0 atom stereocenters. The lowest BCUT2D eigenvalue weighted by Gasteiger charge is -1.98. The predicted molar refractivity (Wildman–Crippen MR) is 77.3 cm³/mol. The number of furan rings is 1. The largest absolute Gasteiger partial charge is 0.466 e. The van der Waals surface area contributed by atoms with Crippen LogP contribution < -0.4 is 5.43 Å². The topological polar surface area (TPSA) is 54.6 Å². The maximum atomic E-state index is 13.0. The van der Waals surface area contributed by atoms with E-state index in [4.69, 9.17) is 4.42 Å². The van der Waals surface area contributed by atoms with Crippen LogP contribution in [0.4, 0.5) is 4.39 Å². The monoisotopic (exact) mass is 338 g/mol. The highest BCUT2D eigenvalue weighted by molar-refractivity contribution is 9.10. The summed E-state index contributed by atoms with van der Waals surface area (Å²) in [5.74, 6) is 0.506. The van der Waals surface area contributed by atoms with Crippen LogP contribution in [0.15, 0.2) is 38.3 Å². The zero-order valence-electron chi connectivity index (χ0n) is 10.9. The van der Waals surface area contributed by atoms with Gasteiger partial charge >= 0.3 is 0 Å². The molecule has 0 fully saturated rings. The molecule has 1 N–H and O–H groups in total. The Kier molecular flexibility index (Phi) is 4.34. The maximum Gasteiger partial charge on any atom is 0.274 e. The Bertz CT molecular complexity index is 680. The van der Waals surface area contributed by atoms with Crippen molar-refractivity contribution in [2.24, 2.45) is 5.10 Å². The Hall–Kier alpha value is -1.95. The second-order valence-electron chi connectivity index (χ2n) is 4.20. The minimum Gasteiger partial charge on any atom is -0.466 e. The first kappa shape index (κ1) is 14.5. The van der Waals surface area contributed by atoms with Crippen LogP contribution in [0.3, 0.4) is 0 Å². The summed E-state index contributed by atoms with van der Waals surface area (Å²) in [5, 5.41) is 3.83. The molecule has 2 aromatic rings. The first-order valence-electron chi connectivity index (χ1n) is 5.83. The second kappa shape index (κ2) is 6.00. The van der Waals surface area contributed by atoms with Crippen molar-refractivity contribution in [3.8, 4) is 0 Å². The van der Waals surface area contributed by atoms with Crippen LogP contribution in [-0.4, -0.2) is 12.1 Å². The van der Waals surface area contributed by atoms with Gasteiger partial charge < -0.3 is 4.42 Å². The molecular weight excluding hydrogens is 327 g/mol. The van der Waals surface area contributed by atoms with Gasteiger partial charge in [0, 0.05) is 0 Å². The van der Waals surface area contributed by atoms with Gasteiger partial charge in [-0.15, -0.1) is 0 Å². The van der Waals surface area contributed by atoms with Crippen molar-refractivity contribution in [1.82, 2.24) is 5.43 Å². The smallest absolute Gasteiger partial charge is 0.274 e. The molecule has 0 aliphatic carbocycles. The summed E-state index contributed by atoms with van der Waals surface area (Å²) in [6.45, 7) is 3.48. The van der Waals surface area contributed by atoms with Crippen LogP contribution in [0.5, 0.6) is 0 Å². The number of nitrogens with one attached hydrogen (secondary N) is 1. The number of carbonyl (C=O) groups excluding carboxylic acids is 1. The summed E-state index contributed by atoms with van der Waals surface area (Å²) in [4.78, 5) is 11.8. The number of carbonyl (C=O) groups is 1. The van der Waals surface area contributed by atoms with Crippen molar-refractivity contribution in [3.05, 3.63) is 57.2 Å². The van der Waals surface area contributed by atoms with Gasteiger partial charge in [-0.25, -0.2) is 9.82 Å². The molecule has 2 rings (SSSR count). The van der Waals surface area contributed by atoms with E-state index < -0.39 is 0 Å². The predicted octanol–water partition coefficient (Wildman–Crippen LogP) is 3.56. The van der Waals surface area contributed by atoms with Crippen LogP contribution in [-0.2, 0) is 0 Å². The van der Waals surface area contributed by atoms with Crippen LogP contribution >= 0.6 is 15.9 Å². The van der Waals surface area contributed by atoms with Crippen LogP contribution in [0.1, 0.15) is 27.4 Å². The van der Waals surface area contributed by atoms with Crippen LogP contribution in [0, 0.1) is 19.7 Å². The third kappa shape index (κ3) is 3.33. The number of nitrogens with zero attached hydrogens (tertiary/aromatic N) is 1. The van der Waals surface area contributed by atoms with Crippen molar-refractivity contribution in [1.29, 1.82) is 0 Å². The molecule has 0 bridgehead atoms. The Balaban J connectivity index is 2.04. The average molecular weight is 339 g/mol. The van der Waals surface area contributed by atoms with Crippen molar-refractivity contribution in [2.45, 2.75) is 13.8 Å². The van der Waals surface area contributed by atoms with Crippen LogP contribution in [0.2, 0.25) is 0 Å². The summed E-state index contributed by atoms with van der Waals surface area (Å²) in [5.41, 5.74) is 3.51. The van der Waals surface area contributed by atoms with Gasteiger partial charge in [-0.3, -0.25) is 4.79 Å². The van der Waals surface area contributed by atoms with Gasteiger partial charge in [0.05, 0.1) is 16.3 Å². The molecule has 1 heterocycles. The summed E-state index contributed by atoms with van der Waals surface area (Å²) < 4.78 is 18.7. The standard InChI is InChI=1S/C14H12BrFN2O2/c1-8-5-11(9(2)20-8)14(19)18-17-7-10-3-4-13(16)12(15)6-10/h3-7H,1-2H3,(H,18,19)/b17-7-. The highest BCUT2D eigenvalue weighted by atomic mass is 79.9. The summed E-state index contributed by atoms with van der Waals surface area (Å²) in [7, 11) is 0. The number of rotatable bonds is 3. The Labute approximate surface area is 123 Å². The molecule has 6 heteroatoms. The molecule has 104 valence electrons. The van der Waals surface area contributed by atoms with E-state index >= 15 is 0 Å². The maximum absolute atomic E-state index is 13.0. The highest BCUT2D eigenvalue weighted by Crippen LogP contribution is 2.16. The van der Waals surface area contributed by atoms with Crippen molar-refractivity contribution in [3.63, 3.8) is 0 Å². The lowest BCUT2D eigenvalue weighted by molar-refractivity contribution is 0.0953. The number of hydrogen-bond acceptors (Lipinski definition) is 3. The quantitative estimate of drug-likeness (QED) is 0.687. The Morgan fingerprint density at radius 2 is 2.15 bits per heavy atom. The fourth-order valence-corrected chi connectivity index (χ4v) is 2.07. The number of amides is 1. The minimum atomic E-state index is -0.351. The Morgan fingerprint density at radius 3 is 2.75 bits per heavy atom. The molecule has 4 nitrogen and oxygen atoms in total. The van der Waals surface area contributed by atoms with E-state index in [1.54, 1.807) is 32.0 Å². The molecule has 0 aliphatic rings. The van der Waals surface area contributed by atoms with E-state index in [9.17, 15) is 9.18 Å². The van der Waals surface area contributed by atoms with E-state index in [-0.39, 0.29) is 11.7 Å². The fourth-order valence-electron chi connectivity index (χ4n) is 1.67. The lowest BCUT2D eigenvalue weighted by atomic mass is 10.2. The van der Waals surface area contributed by atoms with Gasteiger partial charge in [-0.2, -0.15) is 5.10 Å². The van der Waals surface area contributed by atoms with Crippen molar-refractivity contribution < 1.29 is 13.6 Å². The zero-order valence-corrected chi connectivity index (χ0v) is 12.5. The van der Waals surface area contributed by atoms with Crippen molar-refractivity contribution in [2.75, 3.05) is 0 Å². The number of benzene rings is 1. The first-order chi connectivity index (χ1) is 9.47. The molecular formula is C14H12BrFN2O2. The number of halogens is 2. The first-order valence-corrected chi connectivity index (χ1v) is 6.62. The Morgan fingerprint density at radius 1 is 1.40 bits per heavy atom. The van der Waals surface area contributed by atoms with Gasteiger partial charge in [-0.1, -0.05) is 6.07 Å². The van der Waals surface area contributed by atoms with Gasteiger partial charge in [0.1, 0.15) is 17.3 Å². The third-order valence-corrected chi connectivity index (χ3v) is 3.22. The normalized spacial score (nSPS) is 11.0. The molecule has 1 amide bonds. The molecule has 0 aliphatic heterocycles. The fraction of sp³-hybridized carbons (Fsp3) is 0.143. The molecule has 1 aromatic heterocycles. The number of aryl methyl sites for hydroxylation is 2. The average Bonchev–Trinajstić information content (AvgIpc) is 2.73. The molecule has 0 radical (unpaired) electrons. The minimum absolute atomic E-state index is 0.342. The van der Waals surface area contributed by atoms with Gasteiger partial charge in [0.2, 0.25) is 0 Å². The summed E-state index contributed by atoms with van der Waals surface area (Å²) in [6, 6.07) is 6.09. The van der Waals surface area contributed by atoms with E-state index in [1.165, 1.54) is 12.3 Å². The van der Waals surface area contributed by atoms with E-state index in [1.807, 2.05) is 0 Å². The van der Waals surface area contributed by atoms with E-state index in [2.05, 4.69) is 26.5 Å². The van der Waals surface area contributed by atoms with Gasteiger partial charge in [0.15, 0.2) is 0 Å². The molecule has 0 saturated carbocycles. The second-order valence-corrected chi connectivity index (χ2v) is 5.05. The molecule has 0 unspecified atom stereocenters. The van der Waals surface area contributed by atoms with Crippen molar-refractivity contribution >= 4 is 28.1 Å². The summed E-state index contributed by atoms with van der Waals surface area (Å²) in [6.07, 6.45) is 1.43. The number of hydrazone groups is 1. The van der Waals surface area contributed by atoms with Gasteiger partial charge in [-0.05, 0) is 53.5 Å². The highest BCUT2D eigenvalue weighted by Gasteiger charge is 2.12. The zero-order chi connectivity index (χ0) is 14.7. The molecule has 1 aromatic carbocycles. The number of hydrogen-bond donors (Lipinski definition) is 1. The lowest BCUT2D eigenvalue weighted by Crippen LogP contribution is -2.17.